The molecule has 0 bridgehead atoms. The smallest absolute Gasteiger partial charge is 0.273 e. The maximum absolute atomic E-state index is 12.3. The average Bonchev–Trinajstić information content (AvgIpc) is 2.97. The third-order valence-electron chi connectivity index (χ3n) is 4.02. The van der Waals surface area contributed by atoms with Crippen LogP contribution in [0.25, 0.3) is 21.4 Å². The number of nitrogens with zero attached hydrogens (tertiary/aromatic N) is 5. The molecule has 0 aliphatic rings. The van der Waals surface area contributed by atoms with Gasteiger partial charge in [-0.25, -0.2) is 19.8 Å². The van der Waals surface area contributed by atoms with Crippen LogP contribution in [0.1, 0.15) is 11.5 Å². The van der Waals surface area contributed by atoms with E-state index in [4.69, 9.17) is 6.57 Å². The largest absolute Gasteiger partial charge is 0.325 e. The molecule has 0 saturated heterocycles. The molecule has 2 N–H and O–H groups in total. The highest BCUT2D eigenvalue weighted by Gasteiger charge is 2.11. The molecule has 0 radical (unpaired) electrons. The molecule has 0 amide bonds. The number of fused-ring (bicyclic) bond motifs is 1. The summed E-state index contributed by atoms with van der Waals surface area (Å²) in [4.78, 5) is 28.6. The molecule has 8 heteroatoms. The molecule has 0 aliphatic heterocycles. The van der Waals surface area contributed by atoms with Crippen molar-refractivity contribution in [3.8, 4) is 5.69 Å². The Bertz CT molecular complexity index is 1240. The highest BCUT2D eigenvalue weighted by atomic mass is 16.1. The van der Waals surface area contributed by atoms with Crippen LogP contribution in [-0.4, -0.2) is 24.7 Å². The van der Waals surface area contributed by atoms with Crippen molar-refractivity contribution in [3.63, 3.8) is 0 Å². The molecule has 0 atom stereocenters. The number of aryl methyl sites for hydroxylation is 2. The molecule has 0 spiro atoms. The van der Waals surface area contributed by atoms with Crippen LogP contribution in [0.5, 0.6) is 0 Å². The summed E-state index contributed by atoms with van der Waals surface area (Å²) < 4.78 is 1.65. The fraction of sp³-hybridized carbons (Fsp3) is 0.105. The Kier molecular flexibility index (Phi) is 3.90. The van der Waals surface area contributed by atoms with Crippen LogP contribution in [0.2, 0.25) is 0 Å². The molecular formula is C19H15N7O. The summed E-state index contributed by atoms with van der Waals surface area (Å²) >= 11 is 0. The molecule has 4 rings (SSSR count). The van der Waals surface area contributed by atoms with Gasteiger partial charge >= 0.3 is 0 Å². The Morgan fingerprint density at radius 3 is 2.78 bits per heavy atom. The van der Waals surface area contributed by atoms with E-state index in [2.05, 4.69) is 30.2 Å². The van der Waals surface area contributed by atoms with Crippen LogP contribution in [0.3, 0.4) is 0 Å². The summed E-state index contributed by atoms with van der Waals surface area (Å²) in [6.45, 7) is 10.9. The van der Waals surface area contributed by atoms with Crippen molar-refractivity contribution >= 4 is 28.2 Å². The van der Waals surface area contributed by atoms with Crippen LogP contribution in [0, 0.1) is 20.4 Å². The van der Waals surface area contributed by atoms with Crippen molar-refractivity contribution in [3.05, 3.63) is 75.9 Å². The first-order valence-electron chi connectivity index (χ1n) is 8.21. The van der Waals surface area contributed by atoms with E-state index >= 15 is 0 Å². The summed E-state index contributed by atoms with van der Waals surface area (Å²) in [5.41, 5.74) is 2.45. The number of nitrogens with one attached hydrogen (secondary N) is 2. The Balaban J connectivity index is 1.81. The van der Waals surface area contributed by atoms with Crippen molar-refractivity contribution in [2.45, 2.75) is 13.8 Å². The van der Waals surface area contributed by atoms with Gasteiger partial charge in [0.05, 0.1) is 23.2 Å². The van der Waals surface area contributed by atoms with E-state index in [1.54, 1.807) is 28.9 Å². The van der Waals surface area contributed by atoms with E-state index in [0.717, 1.165) is 5.69 Å². The van der Waals surface area contributed by atoms with Gasteiger partial charge in [0.1, 0.15) is 17.5 Å². The number of H-pyrrole nitrogens is 1. The Morgan fingerprint density at radius 1 is 1.15 bits per heavy atom. The second-order valence-electron chi connectivity index (χ2n) is 6.06. The lowest BCUT2D eigenvalue weighted by Crippen LogP contribution is -2.03. The predicted molar refractivity (Wildman–Crippen MR) is 103 cm³/mol. The Labute approximate surface area is 154 Å². The van der Waals surface area contributed by atoms with Gasteiger partial charge in [0, 0.05) is 24.0 Å². The van der Waals surface area contributed by atoms with Gasteiger partial charge in [-0.15, -0.1) is 0 Å². The molecule has 132 valence electrons. The van der Waals surface area contributed by atoms with E-state index < -0.39 is 0 Å². The number of aromatic amines is 1. The quantitative estimate of drug-likeness (QED) is 0.548. The minimum absolute atomic E-state index is 0.244. The zero-order chi connectivity index (χ0) is 19.0. The molecule has 1 aromatic carbocycles. The van der Waals surface area contributed by atoms with Crippen molar-refractivity contribution < 1.29 is 0 Å². The van der Waals surface area contributed by atoms with Gasteiger partial charge in [0.2, 0.25) is 0 Å². The SMILES string of the molecule is [C-]#[N+]c1cccc(-n2[nH]c(=O)c3cnc(Nc4cc(C)nc(C)n4)cc32)c1. The zero-order valence-electron chi connectivity index (χ0n) is 14.7. The molecular weight excluding hydrogens is 342 g/mol. The maximum Gasteiger partial charge on any atom is 0.273 e. The minimum atomic E-state index is -0.244. The highest BCUT2D eigenvalue weighted by molar-refractivity contribution is 5.82. The first-order chi connectivity index (χ1) is 13.0. The Hall–Kier alpha value is -3.99. The minimum Gasteiger partial charge on any atom is -0.325 e. The average molecular weight is 357 g/mol. The van der Waals surface area contributed by atoms with Crippen LogP contribution in [0.15, 0.2) is 47.4 Å². The second-order valence-corrected chi connectivity index (χ2v) is 6.06. The van der Waals surface area contributed by atoms with Crippen LogP contribution in [0.4, 0.5) is 17.3 Å². The van der Waals surface area contributed by atoms with Crippen molar-refractivity contribution in [2.24, 2.45) is 0 Å². The van der Waals surface area contributed by atoms with Crippen molar-refractivity contribution in [2.75, 3.05) is 5.32 Å². The molecule has 8 nitrogen and oxygen atoms in total. The third-order valence-corrected chi connectivity index (χ3v) is 4.02. The lowest BCUT2D eigenvalue weighted by atomic mass is 10.2. The molecule has 4 aromatic rings. The maximum atomic E-state index is 12.3. The molecule has 0 saturated carbocycles. The number of hydrogen-bond acceptors (Lipinski definition) is 5. The molecule has 0 unspecified atom stereocenters. The fourth-order valence-corrected chi connectivity index (χ4v) is 2.91. The number of aromatic nitrogens is 5. The molecule has 3 heterocycles. The standard InChI is InChI=1S/C19H15N7O/c1-11-7-18(23-12(2)22-11)24-17-9-16-15(10-21-17)19(27)25-26(16)14-6-4-5-13(8-14)20-3/h4-10H,1-2H3,(H,25,27)(H,21,22,23,24). The summed E-state index contributed by atoms with van der Waals surface area (Å²) in [6, 6.07) is 10.6. The van der Waals surface area contributed by atoms with Gasteiger partial charge < -0.3 is 5.32 Å². The summed E-state index contributed by atoms with van der Waals surface area (Å²) in [6.07, 6.45) is 1.52. The normalized spacial score (nSPS) is 10.7. The third kappa shape index (κ3) is 3.14. The van der Waals surface area contributed by atoms with E-state index in [1.807, 2.05) is 26.0 Å². The van der Waals surface area contributed by atoms with Gasteiger partial charge in [0.25, 0.3) is 5.56 Å². The number of pyridine rings is 1. The molecule has 27 heavy (non-hydrogen) atoms. The number of benzene rings is 1. The van der Waals surface area contributed by atoms with Crippen LogP contribution in [-0.2, 0) is 0 Å². The number of anilines is 2. The van der Waals surface area contributed by atoms with Crippen molar-refractivity contribution in [1.82, 2.24) is 24.7 Å². The monoisotopic (exact) mass is 357 g/mol. The predicted octanol–water partition coefficient (Wildman–Crippen LogP) is 3.42. The van der Waals surface area contributed by atoms with E-state index in [0.29, 0.717) is 39.7 Å². The zero-order valence-corrected chi connectivity index (χ0v) is 14.7. The van der Waals surface area contributed by atoms with Gasteiger partial charge in [-0.1, -0.05) is 12.1 Å². The lowest BCUT2D eigenvalue weighted by molar-refractivity contribution is 0.892. The highest BCUT2D eigenvalue weighted by Crippen LogP contribution is 2.22. The first-order valence-corrected chi connectivity index (χ1v) is 8.21. The van der Waals surface area contributed by atoms with Gasteiger partial charge in [-0.05, 0) is 26.0 Å². The summed E-state index contributed by atoms with van der Waals surface area (Å²) in [7, 11) is 0. The number of rotatable bonds is 3. The fourth-order valence-electron chi connectivity index (χ4n) is 2.91. The van der Waals surface area contributed by atoms with Crippen LogP contribution >= 0.6 is 0 Å². The van der Waals surface area contributed by atoms with Gasteiger partial charge in [0.15, 0.2) is 5.69 Å². The van der Waals surface area contributed by atoms with Gasteiger partial charge in [-0.3, -0.25) is 14.6 Å². The van der Waals surface area contributed by atoms with E-state index in [1.165, 1.54) is 6.20 Å². The molecule has 3 aromatic heterocycles. The first kappa shape index (κ1) is 16.5. The topological polar surface area (TPSA) is 92.8 Å². The van der Waals surface area contributed by atoms with E-state index in [-0.39, 0.29) is 5.56 Å². The summed E-state index contributed by atoms with van der Waals surface area (Å²) in [5.74, 6) is 1.84. The summed E-state index contributed by atoms with van der Waals surface area (Å²) in [5, 5.41) is 6.40. The second kappa shape index (κ2) is 6.38. The van der Waals surface area contributed by atoms with Crippen molar-refractivity contribution in [1.29, 1.82) is 0 Å². The molecule has 0 fully saturated rings. The van der Waals surface area contributed by atoms with E-state index in [9.17, 15) is 4.79 Å². The van der Waals surface area contributed by atoms with Crippen LogP contribution < -0.4 is 10.9 Å². The van der Waals surface area contributed by atoms with Gasteiger partial charge in [-0.2, -0.15) is 0 Å². The Morgan fingerprint density at radius 2 is 2.00 bits per heavy atom. The number of hydrogen-bond donors (Lipinski definition) is 2. The lowest BCUT2D eigenvalue weighted by Gasteiger charge is -2.08. The molecule has 0 aliphatic carbocycles.